The summed E-state index contributed by atoms with van der Waals surface area (Å²) in [4.78, 5) is 6.24. The number of halogens is 3. The molecule has 21 heavy (non-hydrogen) atoms. The molecule has 4 nitrogen and oxygen atoms in total. The summed E-state index contributed by atoms with van der Waals surface area (Å²) < 4.78 is 38.6. The van der Waals surface area contributed by atoms with Gasteiger partial charge in [0.1, 0.15) is 11.6 Å². The van der Waals surface area contributed by atoms with Crippen LogP contribution in [0.5, 0.6) is 0 Å². The average Bonchev–Trinajstić information content (AvgIpc) is 2.37. The molecule has 0 saturated carbocycles. The van der Waals surface area contributed by atoms with Crippen LogP contribution in [0.15, 0.2) is 12.1 Å². The number of pyridine rings is 1. The van der Waals surface area contributed by atoms with Crippen LogP contribution < -0.4 is 10.6 Å². The van der Waals surface area contributed by atoms with Gasteiger partial charge >= 0.3 is 6.18 Å². The second kappa shape index (κ2) is 7.49. The van der Waals surface area contributed by atoms with Crippen LogP contribution in [0.4, 0.5) is 24.8 Å². The molecule has 0 unspecified atom stereocenters. The summed E-state index contributed by atoms with van der Waals surface area (Å²) in [6, 6.07) is 2.45. The maximum atomic E-state index is 12.9. The molecule has 1 aromatic rings. The fraction of sp³-hybridized carbons (Fsp3) is 0.643. The number of alkyl halides is 3. The quantitative estimate of drug-likeness (QED) is 0.811. The van der Waals surface area contributed by atoms with Crippen LogP contribution in [0.25, 0.3) is 0 Å². The lowest BCUT2D eigenvalue weighted by Crippen LogP contribution is -2.31. The van der Waals surface area contributed by atoms with Crippen LogP contribution in [0.1, 0.15) is 26.3 Å². The minimum absolute atomic E-state index is 0.229. The Bertz CT molecular complexity index is 446. The third kappa shape index (κ3) is 5.79. The predicted octanol–water partition coefficient (Wildman–Crippen LogP) is 3.28. The summed E-state index contributed by atoms with van der Waals surface area (Å²) in [7, 11) is 1.97. The molecule has 0 fully saturated rings. The van der Waals surface area contributed by atoms with E-state index in [2.05, 4.69) is 34.4 Å². The minimum atomic E-state index is -4.38. The lowest BCUT2D eigenvalue weighted by molar-refractivity contribution is -0.137. The maximum absolute atomic E-state index is 12.9. The molecule has 0 saturated heterocycles. The molecule has 0 bridgehead atoms. The Hall–Kier alpha value is -1.50. The van der Waals surface area contributed by atoms with E-state index in [1.54, 1.807) is 0 Å². The molecule has 0 amide bonds. The van der Waals surface area contributed by atoms with E-state index in [0.29, 0.717) is 19.1 Å². The number of likely N-dealkylation sites (N-methyl/N-ethyl adjacent to an activating group) is 1. The highest BCUT2D eigenvalue weighted by atomic mass is 19.4. The Morgan fingerprint density at radius 2 is 1.76 bits per heavy atom. The first-order valence-electron chi connectivity index (χ1n) is 7.01. The lowest BCUT2D eigenvalue weighted by Gasteiger charge is -2.21. The van der Waals surface area contributed by atoms with Gasteiger partial charge in [0.2, 0.25) is 0 Å². The van der Waals surface area contributed by atoms with Gasteiger partial charge in [-0.05, 0) is 40.0 Å². The van der Waals surface area contributed by atoms with Crippen molar-refractivity contribution in [1.82, 2.24) is 9.88 Å². The molecular formula is C14H23F3N4. The molecular weight excluding hydrogens is 281 g/mol. The largest absolute Gasteiger partial charge is 0.416 e. The zero-order chi connectivity index (χ0) is 16.0. The number of nitrogens with zero attached hydrogens (tertiary/aromatic N) is 2. The van der Waals surface area contributed by atoms with E-state index in [4.69, 9.17) is 0 Å². The second-order valence-corrected chi connectivity index (χ2v) is 5.16. The van der Waals surface area contributed by atoms with E-state index in [1.807, 2.05) is 14.0 Å². The van der Waals surface area contributed by atoms with Crippen molar-refractivity contribution in [2.24, 2.45) is 0 Å². The molecule has 0 atom stereocenters. The molecule has 0 aromatic carbocycles. The zero-order valence-corrected chi connectivity index (χ0v) is 12.9. The van der Waals surface area contributed by atoms with Gasteiger partial charge in [-0.1, -0.05) is 0 Å². The Morgan fingerprint density at radius 1 is 1.19 bits per heavy atom. The summed E-state index contributed by atoms with van der Waals surface area (Å²) >= 11 is 0. The van der Waals surface area contributed by atoms with Gasteiger partial charge in [0.15, 0.2) is 0 Å². The highest BCUT2D eigenvalue weighted by Crippen LogP contribution is 2.31. The predicted molar refractivity (Wildman–Crippen MR) is 79.7 cm³/mol. The molecule has 120 valence electrons. The van der Waals surface area contributed by atoms with Gasteiger partial charge < -0.3 is 15.5 Å². The van der Waals surface area contributed by atoms with Crippen molar-refractivity contribution in [1.29, 1.82) is 0 Å². The van der Waals surface area contributed by atoms with Gasteiger partial charge in [-0.2, -0.15) is 13.2 Å². The van der Waals surface area contributed by atoms with Crippen molar-refractivity contribution in [2.75, 3.05) is 37.3 Å². The van der Waals surface area contributed by atoms with Crippen molar-refractivity contribution in [3.8, 4) is 0 Å². The van der Waals surface area contributed by atoms with Crippen molar-refractivity contribution < 1.29 is 13.2 Å². The number of anilines is 2. The first-order chi connectivity index (χ1) is 9.74. The van der Waals surface area contributed by atoms with Gasteiger partial charge in [-0.15, -0.1) is 0 Å². The molecule has 1 aromatic heterocycles. The van der Waals surface area contributed by atoms with Crippen LogP contribution in [-0.4, -0.2) is 42.6 Å². The van der Waals surface area contributed by atoms with E-state index in [1.165, 1.54) is 0 Å². The number of aromatic nitrogens is 1. The molecule has 0 aliphatic rings. The fourth-order valence-corrected chi connectivity index (χ4v) is 1.67. The normalized spacial score (nSPS) is 12.0. The van der Waals surface area contributed by atoms with Crippen LogP contribution in [0.2, 0.25) is 0 Å². The summed E-state index contributed by atoms with van der Waals surface area (Å²) in [5.74, 6) is 0.463. The monoisotopic (exact) mass is 304 g/mol. The van der Waals surface area contributed by atoms with Crippen molar-refractivity contribution in [3.63, 3.8) is 0 Å². The van der Waals surface area contributed by atoms with Crippen molar-refractivity contribution in [2.45, 2.75) is 33.0 Å². The van der Waals surface area contributed by atoms with Gasteiger partial charge in [0.25, 0.3) is 0 Å². The first kappa shape index (κ1) is 17.6. The van der Waals surface area contributed by atoms with E-state index >= 15 is 0 Å². The Kier molecular flexibility index (Phi) is 6.26. The first-order valence-corrected chi connectivity index (χ1v) is 7.01. The minimum Gasteiger partial charge on any atom is -0.370 e. The van der Waals surface area contributed by atoms with Crippen LogP contribution in [0, 0.1) is 0 Å². The highest BCUT2D eigenvalue weighted by molar-refractivity contribution is 5.49. The van der Waals surface area contributed by atoms with Crippen molar-refractivity contribution in [3.05, 3.63) is 17.7 Å². The van der Waals surface area contributed by atoms with Gasteiger partial charge in [-0.3, -0.25) is 0 Å². The van der Waals surface area contributed by atoms with E-state index in [-0.39, 0.29) is 11.6 Å². The number of rotatable bonds is 7. The van der Waals surface area contributed by atoms with E-state index in [9.17, 15) is 13.2 Å². The Morgan fingerprint density at radius 3 is 2.24 bits per heavy atom. The van der Waals surface area contributed by atoms with Gasteiger partial charge in [-0.25, -0.2) is 4.98 Å². The van der Waals surface area contributed by atoms with Crippen LogP contribution >= 0.6 is 0 Å². The van der Waals surface area contributed by atoms with Crippen molar-refractivity contribution >= 4 is 11.6 Å². The molecule has 2 N–H and O–H groups in total. The Labute approximate surface area is 123 Å². The smallest absolute Gasteiger partial charge is 0.370 e. The van der Waals surface area contributed by atoms with E-state index in [0.717, 1.165) is 18.7 Å². The maximum Gasteiger partial charge on any atom is 0.416 e. The number of hydrogen-bond acceptors (Lipinski definition) is 4. The van der Waals surface area contributed by atoms with Gasteiger partial charge in [0, 0.05) is 25.7 Å². The highest BCUT2D eigenvalue weighted by Gasteiger charge is 2.31. The topological polar surface area (TPSA) is 40.2 Å². The SMILES string of the molecule is CCNc1cc(C(F)(F)F)cc(NCCN(C)C(C)C)n1. The summed E-state index contributed by atoms with van der Waals surface area (Å²) in [5, 5.41) is 5.77. The van der Waals surface area contributed by atoms with E-state index < -0.39 is 11.7 Å². The molecule has 1 rings (SSSR count). The Balaban J connectivity index is 2.78. The molecule has 7 heteroatoms. The molecule has 0 aliphatic carbocycles. The third-order valence-electron chi connectivity index (χ3n) is 3.16. The summed E-state index contributed by atoms with van der Waals surface area (Å²) in [6.45, 7) is 7.72. The molecule has 1 heterocycles. The molecule has 0 spiro atoms. The second-order valence-electron chi connectivity index (χ2n) is 5.16. The summed E-state index contributed by atoms with van der Waals surface area (Å²) in [5.41, 5.74) is -0.701. The van der Waals surface area contributed by atoms with Crippen LogP contribution in [-0.2, 0) is 6.18 Å². The average molecular weight is 304 g/mol. The van der Waals surface area contributed by atoms with Gasteiger partial charge in [0.05, 0.1) is 5.56 Å². The molecule has 0 aliphatic heterocycles. The summed E-state index contributed by atoms with van der Waals surface area (Å²) in [6.07, 6.45) is -4.38. The number of hydrogen-bond donors (Lipinski definition) is 2. The standard InChI is InChI=1S/C14H23F3N4/c1-5-18-12-8-11(14(15,16)17)9-13(20-12)19-6-7-21(4)10(2)3/h8-10H,5-7H2,1-4H3,(H2,18,19,20). The lowest BCUT2D eigenvalue weighted by atomic mass is 10.2. The zero-order valence-electron chi connectivity index (χ0n) is 12.9. The third-order valence-corrected chi connectivity index (χ3v) is 3.16. The van der Waals surface area contributed by atoms with Crippen LogP contribution in [0.3, 0.4) is 0 Å². The molecule has 0 radical (unpaired) electrons. The number of nitrogens with one attached hydrogen (secondary N) is 2. The fourth-order valence-electron chi connectivity index (χ4n) is 1.67.